The molecule has 0 saturated carbocycles. The molecule has 5 aromatic rings. The molecule has 1 aliphatic heterocycles. The molecule has 0 fully saturated rings. The highest BCUT2D eigenvalue weighted by molar-refractivity contribution is 5.83. The van der Waals surface area contributed by atoms with Crippen molar-refractivity contribution in [3.05, 3.63) is 100 Å². The first-order chi connectivity index (χ1) is 16.1. The van der Waals surface area contributed by atoms with Crippen LogP contribution in [0.25, 0.3) is 22.0 Å². The largest absolute Gasteiger partial charge is 0.497 e. The molecular weight excluding hydrogens is 414 g/mol. The van der Waals surface area contributed by atoms with Gasteiger partial charge >= 0.3 is 5.63 Å². The predicted molar refractivity (Wildman–Crippen MR) is 129 cm³/mol. The molecule has 1 unspecified atom stereocenters. The fourth-order valence-corrected chi connectivity index (χ4v) is 4.84. The number of imidazole rings is 1. The van der Waals surface area contributed by atoms with Crippen molar-refractivity contribution in [1.29, 1.82) is 0 Å². The Morgan fingerprint density at radius 1 is 1.03 bits per heavy atom. The summed E-state index contributed by atoms with van der Waals surface area (Å²) in [5.74, 6) is 1.69. The monoisotopic (exact) mass is 437 g/mol. The minimum absolute atomic E-state index is 0.0949. The zero-order valence-electron chi connectivity index (χ0n) is 18.5. The summed E-state index contributed by atoms with van der Waals surface area (Å²) in [7, 11) is 1.67. The number of ether oxygens (including phenoxy) is 1. The molecule has 0 saturated heterocycles. The normalized spacial score (nSPS) is 15.7. The number of benzene rings is 3. The molecule has 0 N–H and O–H groups in total. The van der Waals surface area contributed by atoms with Crippen LogP contribution in [0.3, 0.4) is 0 Å². The standard InChI is InChI=1S/C27H23N3O3/c1-17-7-12-20-21(14-26(31)33-25(20)13-17)22-15-29(18-8-10-19(32-2)11-9-18)16-30-24-6-4-3-5-23(24)28-27(22)30/h3-14,22H,15-16H2,1-2H3. The zero-order valence-corrected chi connectivity index (χ0v) is 18.5. The lowest BCUT2D eigenvalue weighted by Gasteiger charge is -2.36. The molecule has 6 heteroatoms. The SMILES string of the molecule is COc1ccc(N2CC(c3cc(=O)oc4cc(C)ccc34)c3nc4ccccc4n3C2)cc1. The first-order valence-electron chi connectivity index (χ1n) is 11.0. The second-order valence-electron chi connectivity index (χ2n) is 8.52. The highest BCUT2D eigenvalue weighted by atomic mass is 16.5. The summed E-state index contributed by atoms with van der Waals surface area (Å²) in [5, 5.41) is 0.945. The van der Waals surface area contributed by atoms with E-state index in [0.29, 0.717) is 18.8 Å². The Balaban J connectivity index is 1.56. The fraction of sp³-hybridized carbons (Fsp3) is 0.185. The molecule has 33 heavy (non-hydrogen) atoms. The second-order valence-corrected chi connectivity index (χ2v) is 8.52. The summed E-state index contributed by atoms with van der Waals surface area (Å²) in [6.45, 7) is 3.37. The third-order valence-corrected chi connectivity index (χ3v) is 6.46. The van der Waals surface area contributed by atoms with Crippen molar-refractivity contribution < 1.29 is 9.15 Å². The van der Waals surface area contributed by atoms with Crippen LogP contribution in [-0.4, -0.2) is 23.2 Å². The number of fused-ring (bicyclic) bond motifs is 4. The van der Waals surface area contributed by atoms with Gasteiger partial charge in [-0.2, -0.15) is 0 Å². The number of hydrogen-bond acceptors (Lipinski definition) is 5. The van der Waals surface area contributed by atoms with E-state index in [9.17, 15) is 4.79 Å². The molecule has 0 radical (unpaired) electrons. The van der Waals surface area contributed by atoms with Crippen molar-refractivity contribution in [2.24, 2.45) is 0 Å². The zero-order chi connectivity index (χ0) is 22.5. The topological polar surface area (TPSA) is 60.5 Å². The van der Waals surface area contributed by atoms with E-state index < -0.39 is 0 Å². The van der Waals surface area contributed by atoms with Gasteiger partial charge in [-0.1, -0.05) is 24.3 Å². The lowest BCUT2D eigenvalue weighted by Crippen LogP contribution is -2.38. The maximum atomic E-state index is 12.5. The predicted octanol–water partition coefficient (Wildman–Crippen LogP) is 5.07. The molecule has 0 bridgehead atoms. The van der Waals surface area contributed by atoms with Gasteiger partial charge in [0.1, 0.15) is 17.2 Å². The van der Waals surface area contributed by atoms with E-state index in [0.717, 1.165) is 44.8 Å². The lowest BCUT2D eigenvalue weighted by atomic mass is 9.93. The molecule has 164 valence electrons. The minimum Gasteiger partial charge on any atom is -0.497 e. The van der Waals surface area contributed by atoms with Gasteiger partial charge in [0.2, 0.25) is 0 Å². The Morgan fingerprint density at radius 2 is 1.85 bits per heavy atom. The lowest BCUT2D eigenvalue weighted by molar-refractivity contribution is 0.414. The van der Waals surface area contributed by atoms with Crippen LogP contribution in [0.5, 0.6) is 5.75 Å². The molecular formula is C27H23N3O3. The number of para-hydroxylation sites is 2. The van der Waals surface area contributed by atoms with Gasteiger partial charge in [0, 0.05) is 23.7 Å². The van der Waals surface area contributed by atoms with Gasteiger partial charge in [0.25, 0.3) is 0 Å². The van der Waals surface area contributed by atoms with Gasteiger partial charge in [-0.05, 0) is 60.5 Å². The van der Waals surface area contributed by atoms with Gasteiger partial charge in [-0.3, -0.25) is 0 Å². The molecule has 3 heterocycles. The summed E-state index contributed by atoms with van der Waals surface area (Å²) in [5.41, 5.74) is 5.40. The quantitative estimate of drug-likeness (QED) is 0.369. The van der Waals surface area contributed by atoms with E-state index in [1.807, 2.05) is 49.4 Å². The van der Waals surface area contributed by atoms with Gasteiger partial charge in [-0.15, -0.1) is 0 Å². The Kier molecular flexibility index (Phi) is 4.47. The third-order valence-electron chi connectivity index (χ3n) is 6.46. The van der Waals surface area contributed by atoms with Crippen molar-refractivity contribution in [2.45, 2.75) is 19.5 Å². The Labute approximate surface area is 190 Å². The highest BCUT2D eigenvalue weighted by Crippen LogP contribution is 2.37. The molecule has 0 aliphatic carbocycles. The first kappa shape index (κ1) is 19.6. The highest BCUT2D eigenvalue weighted by Gasteiger charge is 2.31. The molecule has 6 rings (SSSR count). The molecule has 1 atom stereocenters. The molecule has 2 aromatic heterocycles. The molecule has 1 aliphatic rings. The van der Waals surface area contributed by atoms with Crippen LogP contribution in [0, 0.1) is 6.92 Å². The minimum atomic E-state index is -0.340. The van der Waals surface area contributed by atoms with Crippen molar-refractivity contribution >= 4 is 27.7 Å². The number of rotatable bonds is 3. The molecule has 0 spiro atoms. The van der Waals surface area contributed by atoms with Crippen LogP contribution in [-0.2, 0) is 6.67 Å². The molecule has 6 nitrogen and oxygen atoms in total. The molecule has 3 aromatic carbocycles. The number of aryl methyl sites for hydroxylation is 1. The van der Waals surface area contributed by atoms with E-state index in [1.165, 1.54) is 0 Å². The Hall–Kier alpha value is -4.06. The average Bonchev–Trinajstić information content (AvgIpc) is 3.21. The second kappa shape index (κ2) is 7.52. The van der Waals surface area contributed by atoms with Gasteiger partial charge in [-0.25, -0.2) is 9.78 Å². The van der Waals surface area contributed by atoms with Crippen LogP contribution in [0.2, 0.25) is 0 Å². The van der Waals surface area contributed by atoms with Crippen molar-refractivity contribution in [1.82, 2.24) is 9.55 Å². The van der Waals surface area contributed by atoms with Gasteiger partial charge in [0.15, 0.2) is 0 Å². The maximum absolute atomic E-state index is 12.5. The smallest absolute Gasteiger partial charge is 0.336 e. The summed E-state index contributed by atoms with van der Waals surface area (Å²) in [6.07, 6.45) is 0. The van der Waals surface area contributed by atoms with E-state index in [-0.39, 0.29) is 11.5 Å². The van der Waals surface area contributed by atoms with Crippen LogP contribution < -0.4 is 15.3 Å². The number of hydrogen-bond donors (Lipinski definition) is 0. The van der Waals surface area contributed by atoms with Crippen LogP contribution in [0.1, 0.15) is 22.9 Å². The maximum Gasteiger partial charge on any atom is 0.336 e. The first-order valence-corrected chi connectivity index (χ1v) is 11.0. The van der Waals surface area contributed by atoms with Crippen LogP contribution >= 0.6 is 0 Å². The summed E-state index contributed by atoms with van der Waals surface area (Å²) >= 11 is 0. The van der Waals surface area contributed by atoms with E-state index in [4.69, 9.17) is 14.1 Å². The fourth-order valence-electron chi connectivity index (χ4n) is 4.84. The number of nitrogens with zero attached hydrogens (tertiary/aromatic N) is 3. The van der Waals surface area contributed by atoms with Crippen molar-refractivity contribution in [2.75, 3.05) is 18.6 Å². The number of methoxy groups -OCH3 is 1. The number of aromatic nitrogens is 2. The average molecular weight is 437 g/mol. The number of anilines is 1. The Morgan fingerprint density at radius 3 is 2.67 bits per heavy atom. The van der Waals surface area contributed by atoms with E-state index in [1.54, 1.807) is 13.2 Å². The van der Waals surface area contributed by atoms with Crippen LogP contribution in [0.4, 0.5) is 5.69 Å². The van der Waals surface area contributed by atoms with Crippen molar-refractivity contribution in [3.63, 3.8) is 0 Å². The molecule has 0 amide bonds. The summed E-state index contributed by atoms with van der Waals surface area (Å²) < 4.78 is 13.1. The van der Waals surface area contributed by atoms with Crippen molar-refractivity contribution in [3.8, 4) is 5.75 Å². The van der Waals surface area contributed by atoms with Gasteiger partial charge in [0.05, 0.1) is 30.7 Å². The summed E-state index contributed by atoms with van der Waals surface area (Å²) in [4.78, 5) is 19.9. The van der Waals surface area contributed by atoms with Gasteiger partial charge < -0.3 is 18.6 Å². The Bertz CT molecular complexity index is 1550. The van der Waals surface area contributed by atoms with E-state index >= 15 is 0 Å². The third kappa shape index (κ3) is 3.26. The van der Waals surface area contributed by atoms with E-state index in [2.05, 4.69) is 33.7 Å². The van der Waals surface area contributed by atoms with Crippen LogP contribution in [0.15, 0.2) is 82.0 Å². The summed E-state index contributed by atoms with van der Waals surface area (Å²) in [6, 6.07) is 23.9.